The minimum Gasteiger partial charge on any atom is -0.480 e. The number of hydrogen-bond donors (Lipinski definition) is 3. The quantitative estimate of drug-likeness (QED) is 0.575. The predicted octanol–water partition coefficient (Wildman–Crippen LogP) is 0.473. The summed E-state index contributed by atoms with van der Waals surface area (Å²) >= 11 is 0. The molecule has 3 N–H and O–H groups in total. The average Bonchev–Trinajstić information content (AvgIpc) is 2.95. The third kappa shape index (κ3) is 5.82. The number of ether oxygens (including phenoxy) is 1. The maximum Gasteiger partial charge on any atom is 0.326 e. The van der Waals surface area contributed by atoms with Gasteiger partial charge in [-0.25, -0.2) is 14.6 Å². The van der Waals surface area contributed by atoms with Gasteiger partial charge in [0.15, 0.2) is 0 Å². The van der Waals surface area contributed by atoms with Crippen LogP contribution in [0.2, 0.25) is 0 Å². The van der Waals surface area contributed by atoms with E-state index >= 15 is 0 Å². The Bertz CT molecular complexity index is 435. The summed E-state index contributed by atoms with van der Waals surface area (Å²) in [6.07, 6.45) is 3.16. The van der Waals surface area contributed by atoms with Gasteiger partial charge in [0.2, 0.25) is 0 Å². The normalized spacial score (nSPS) is 11.9. The first-order valence-electron chi connectivity index (χ1n) is 6.91. The van der Waals surface area contributed by atoms with Crippen LogP contribution in [0.25, 0.3) is 0 Å². The Balaban J connectivity index is 2.56. The zero-order valence-electron chi connectivity index (χ0n) is 12.3. The molecule has 0 saturated heterocycles. The van der Waals surface area contributed by atoms with Crippen molar-refractivity contribution >= 4 is 12.0 Å². The molecule has 0 saturated carbocycles. The van der Waals surface area contributed by atoms with E-state index in [0.717, 1.165) is 0 Å². The Hall–Kier alpha value is -2.09. The van der Waals surface area contributed by atoms with Crippen molar-refractivity contribution in [3.8, 4) is 0 Å². The average molecular weight is 298 g/mol. The highest BCUT2D eigenvalue weighted by Gasteiger charge is 2.23. The van der Waals surface area contributed by atoms with Gasteiger partial charge in [0.1, 0.15) is 6.04 Å². The lowest BCUT2D eigenvalue weighted by Crippen LogP contribution is -2.49. The fraction of sp³-hybridized carbons (Fsp3) is 0.615. The second-order valence-corrected chi connectivity index (χ2v) is 4.40. The van der Waals surface area contributed by atoms with Gasteiger partial charge in [-0.3, -0.25) is 0 Å². The highest BCUT2D eigenvalue weighted by molar-refractivity contribution is 5.82. The minimum atomic E-state index is -1.08. The smallest absolute Gasteiger partial charge is 0.326 e. The van der Waals surface area contributed by atoms with Crippen molar-refractivity contribution < 1.29 is 19.4 Å². The summed E-state index contributed by atoms with van der Waals surface area (Å²) in [6, 6.07) is -1.41. The van der Waals surface area contributed by atoms with E-state index < -0.39 is 18.0 Å². The van der Waals surface area contributed by atoms with Crippen LogP contribution in [0.5, 0.6) is 0 Å². The van der Waals surface area contributed by atoms with Gasteiger partial charge in [-0.05, 0) is 13.8 Å². The molecule has 1 unspecified atom stereocenters. The fourth-order valence-corrected chi connectivity index (χ4v) is 1.78. The number of likely N-dealkylation sites (N-methyl/N-ethyl adjacent to an activating group) is 1. The van der Waals surface area contributed by atoms with E-state index in [4.69, 9.17) is 4.74 Å². The first-order valence-corrected chi connectivity index (χ1v) is 6.91. The monoisotopic (exact) mass is 298 g/mol. The van der Waals surface area contributed by atoms with Crippen molar-refractivity contribution in [3.63, 3.8) is 0 Å². The summed E-state index contributed by atoms with van der Waals surface area (Å²) in [4.78, 5) is 31.5. The molecule has 1 atom stereocenters. The van der Waals surface area contributed by atoms with Gasteiger partial charge in [0.25, 0.3) is 0 Å². The lowest BCUT2D eigenvalue weighted by atomic mass is 10.1. The Labute approximate surface area is 123 Å². The van der Waals surface area contributed by atoms with E-state index in [1.54, 1.807) is 0 Å². The third-order valence-corrected chi connectivity index (χ3v) is 2.95. The standard InChI is InChI=1S/C13H22N4O4/c1-3-17(5-6-21-4-2)13(20)16-11(12(18)19)7-10-8-14-9-15-10/h8-9,11H,3-7H2,1-2H3,(H,14,15)(H,16,20)(H,18,19). The molecule has 0 fully saturated rings. The lowest BCUT2D eigenvalue weighted by molar-refractivity contribution is -0.139. The number of H-pyrrole nitrogens is 1. The molecule has 2 amide bonds. The molecular formula is C13H22N4O4. The van der Waals surface area contributed by atoms with Crippen LogP contribution in [-0.4, -0.2) is 64.3 Å². The first-order chi connectivity index (χ1) is 10.1. The molecular weight excluding hydrogens is 276 g/mol. The second kappa shape index (κ2) is 8.96. The molecule has 0 bridgehead atoms. The van der Waals surface area contributed by atoms with Crippen molar-refractivity contribution in [2.45, 2.75) is 26.3 Å². The Kier molecular flexibility index (Phi) is 7.24. The maximum atomic E-state index is 12.1. The van der Waals surface area contributed by atoms with Crippen LogP contribution in [-0.2, 0) is 16.0 Å². The summed E-state index contributed by atoms with van der Waals surface area (Å²) in [6.45, 7) is 5.62. The molecule has 1 rings (SSSR count). The number of imidazole rings is 1. The number of aromatic amines is 1. The number of amides is 2. The van der Waals surface area contributed by atoms with Crippen LogP contribution in [0.15, 0.2) is 12.5 Å². The van der Waals surface area contributed by atoms with E-state index in [2.05, 4.69) is 15.3 Å². The van der Waals surface area contributed by atoms with Crippen LogP contribution in [0.3, 0.4) is 0 Å². The van der Waals surface area contributed by atoms with Gasteiger partial charge >= 0.3 is 12.0 Å². The molecule has 21 heavy (non-hydrogen) atoms. The van der Waals surface area contributed by atoms with Gasteiger partial charge in [-0.1, -0.05) is 0 Å². The maximum absolute atomic E-state index is 12.1. The molecule has 1 aromatic heterocycles. The molecule has 1 heterocycles. The van der Waals surface area contributed by atoms with E-state index in [1.807, 2.05) is 13.8 Å². The minimum absolute atomic E-state index is 0.157. The van der Waals surface area contributed by atoms with Gasteiger partial charge < -0.3 is 25.0 Å². The van der Waals surface area contributed by atoms with Crippen LogP contribution in [0, 0.1) is 0 Å². The summed E-state index contributed by atoms with van der Waals surface area (Å²) < 4.78 is 5.20. The van der Waals surface area contributed by atoms with Crippen LogP contribution < -0.4 is 5.32 Å². The van der Waals surface area contributed by atoms with Crippen molar-refractivity contribution in [3.05, 3.63) is 18.2 Å². The number of carbonyl (C=O) groups is 2. The molecule has 0 spiro atoms. The molecule has 0 aromatic carbocycles. The number of carboxylic acid groups (broad SMARTS) is 1. The molecule has 8 nitrogen and oxygen atoms in total. The summed E-state index contributed by atoms with van der Waals surface area (Å²) in [7, 11) is 0. The predicted molar refractivity (Wildman–Crippen MR) is 76.0 cm³/mol. The highest BCUT2D eigenvalue weighted by Crippen LogP contribution is 2.00. The fourth-order valence-electron chi connectivity index (χ4n) is 1.78. The highest BCUT2D eigenvalue weighted by atomic mass is 16.5. The number of aromatic nitrogens is 2. The number of rotatable bonds is 9. The third-order valence-electron chi connectivity index (χ3n) is 2.95. The van der Waals surface area contributed by atoms with Crippen LogP contribution in [0.4, 0.5) is 4.79 Å². The SMILES string of the molecule is CCOCCN(CC)C(=O)NC(Cc1cnc[nH]1)C(=O)O. The van der Waals surface area contributed by atoms with Crippen molar-refractivity contribution in [2.75, 3.05) is 26.3 Å². The topological polar surface area (TPSA) is 108 Å². The molecule has 0 aliphatic heterocycles. The molecule has 118 valence electrons. The molecule has 0 radical (unpaired) electrons. The summed E-state index contributed by atoms with van der Waals surface area (Å²) in [5.41, 5.74) is 0.653. The van der Waals surface area contributed by atoms with E-state index in [9.17, 15) is 14.7 Å². The second-order valence-electron chi connectivity index (χ2n) is 4.40. The van der Waals surface area contributed by atoms with Gasteiger partial charge in [-0.15, -0.1) is 0 Å². The summed E-state index contributed by atoms with van der Waals surface area (Å²) in [5, 5.41) is 11.7. The molecule has 0 aliphatic carbocycles. The van der Waals surface area contributed by atoms with Crippen molar-refractivity contribution in [1.82, 2.24) is 20.2 Å². The Morgan fingerprint density at radius 3 is 2.81 bits per heavy atom. The zero-order chi connectivity index (χ0) is 15.7. The lowest BCUT2D eigenvalue weighted by Gasteiger charge is -2.23. The van der Waals surface area contributed by atoms with Gasteiger partial charge in [-0.2, -0.15) is 0 Å². The number of nitrogens with one attached hydrogen (secondary N) is 2. The van der Waals surface area contributed by atoms with E-state index in [-0.39, 0.29) is 6.42 Å². The molecule has 1 aromatic rings. The van der Waals surface area contributed by atoms with Crippen LogP contribution >= 0.6 is 0 Å². The number of hydrogen-bond acceptors (Lipinski definition) is 4. The van der Waals surface area contributed by atoms with E-state index in [1.165, 1.54) is 17.4 Å². The Morgan fingerprint density at radius 1 is 1.52 bits per heavy atom. The number of urea groups is 1. The van der Waals surface area contributed by atoms with Gasteiger partial charge in [0.05, 0.1) is 12.9 Å². The number of carboxylic acids is 1. The molecule has 8 heteroatoms. The van der Waals surface area contributed by atoms with E-state index in [0.29, 0.717) is 32.0 Å². The number of nitrogens with zero attached hydrogens (tertiary/aromatic N) is 2. The van der Waals surface area contributed by atoms with Crippen LogP contribution in [0.1, 0.15) is 19.5 Å². The summed E-state index contributed by atoms with van der Waals surface area (Å²) in [5.74, 6) is -1.08. The number of aliphatic carboxylic acids is 1. The van der Waals surface area contributed by atoms with Crippen molar-refractivity contribution in [2.24, 2.45) is 0 Å². The Morgan fingerprint density at radius 2 is 2.29 bits per heavy atom. The number of carbonyl (C=O) groups excluding carboxylic acids is 1. The molecule has 0 aliphatic rings. The zero-order valence-corrected chi connectivity index (χ0v) is 12.3. The first kappa shape index (κ1) is 17.0. The van der Waals surface area contributed by atoms with Gasteiger partial charge in [0, 0.05) is 38.0 Å². The van der Waals surface area contributed by atoms with Crippen molar-refractivity contribution in [1.29, 1.82) is 0 Å². The largest absolute Gasteiger partial charge is 0.480 e.